The molecule has 3 aromatic carbocycles. The molecule has 119 valence electrons. The number of fused-ring (bicyclic) bond motifs is 2. The summed E-state index contributed by atoms with van der Waals surface area (Å²) in [6, 6.07) is 21.8. The molecule has 1 aliphatic carbocycles. The molecule has 0 unspecified atom stereocenters. The molecule has 1 radical (unpaired) electrons. The van der Waals surface area contributed by atoms with Gasteiger partial charge in [0.1, 0.15) is 0 Å². The van der Waals surface area contributed by atoms with E-state index in [1.54, 1.807) is 0 Å². The van der Waals surface area contributed by atoms with E-state index in [0.29, 0.717) is 0 Å². The Labute approximate surface area is 173 Å². The second-order valence-corrected chi connectivity index (χ2v) is 5.85. The number of hydrogen-bond donors (Lipinski definition) is 0. The Balaban J connectivity index is 0.000000960. The Morgan fingerprint density at radius 3 is 2.12 bits per heavy atom. The second-order valence-electron chi connectivity index (χ2n) is 5.85. The van der Waals surface area contributed by atoms with Gasteiger partial charge in [-0.05, 0) is 15.7 Å². The minimum absolute atomic E-state index is 0. The van der Waals surface area contributed by atoms with E-state index in [4.69, 9.17) is 0 Å². The van der Waals surface area contributed by atoms with E-state index in [1.165, 1.54) is 43.1 Å². The average molecular weight is 431 g/mol. The molecule has 3 heteroatoms. The number of halogens is 2. The van der Waals surface area contributed by atoms with Gasteiger partial charge in [0.15, 0.2) is 0 Å². The van der Waals surface area contributed by atoms with Crippen molar-refractivity contribution in [3.63, 3.8) is 0 Å². The van der Waals surface area contributed by atoms with E-state index in [1.807, 2.05) is 0 Å². The molecule has 0 amide bonds. The van der Waals surface area contributed by atoms with Crippen LogP contribution in [0.4, 0.5) is 0 Å². The van der Waals surface area contributed by atoms with Crippen molar-refractivity contribution >= 4 is 11.6 Å². The standard InChI is InChI=1S/C21H17.2ClH.Zr/c1-14(2)17-11-12-19-18-10-6-5-9-16(18)13-20(19)21(17)15-7-3-4-8-15;;;/h3-13H,1-2H3;2*1H;/q-1;;;+3/p-2. The maximum atomic E-state index is 2.33. The summed E-state index contributed by atoms with van der Waals surface area (Å²) in [5.41, 5.74) is 5.40. The molecule has 0 heterocycles. The van der Waals surface area contributed by atoms with Gasteiger partial charge in [-0.3, -0.25) is 0 Å². The quantitative estimate of drug-likeness (QED) is 0.298. The van der Waals surface area contributed by atoms with Gasteiger partial charge in [0.05, 0.1) is 0 Å². The van der Waals surface area contributed by atoms with Crippen LogP contribution < -0.4 is 35.3 Å². The topological polar surface area (TPSA) is 0 Å². The molecular formula is C21H17Cl2Zr. The van der Waals surface area contributed by atoms with Crippen LogP contribution in [0.15, 0.2) is 60.7 Å². The molecule has 0 bridgehead atoms. The summed E-state index contributed by atoms with van der Waals surface area (Å²) in [7, 11) is 0. The zero-order chi connectivity index (χ0) is 14.4. The van der Waals surface area contributed by atoms with Crippen LogP contribution in [-0.2, 0) is 26.2 Å². The van der Waals surface area contributed by atoms with E-state index in [0.717, 1.165) is 0 Å². The van der Waals surface area contributed by atoms with Crippen molar-refractivity contribution in [2.75, 3.05) is 0 Å². The molecule has 0 spiro atoms. The third-order valence-corrected chi connectivity index (χ3v) is 4.29. The van der Waals surface area contributed by atoms with Gasteiger partial charge in [0.2, 0.25) is 0 Å². The fourth-order valence-electron chi connectivity index (χ4n) is 3.30. The van der Waals surface area contributed by atoms with Gasteiger partial charge in [-0.25, -0.2) is 0 Å². The molecule has 0 N–H and O–H groups in total. The Bertz CT molecular complexity index is 1040. The molecule has 0 fully saturated rings. The molecule has 0 saturated heterocycles. The van der Waals surface area contributed by atoms with Crippen LogP contribution in [0.5, 0.6) is 0 Å². The van der Waals surface area contributed by atoms with Crippen LogP contribution in [0.2, 0.25) is 0 Å². The molecule has 4 rings (SSSR count). The van der Waals surface area contributed by atoms with E-state index in [2.05, 4.69) is 80.6 Å². The van der Waals surface area contributed by atoms with Crippen LogP contribution in [0, 0.1) is 10.4 Å². The Kier molecular flexibility index (Phi) is 7.35. The van der Waals surface area contributed by atoms with Gasteiger partial charge in [-0.2, -0.15) is 12.1 Å². The largest absolute Gasteiger partial charge is 3.00 e. The first-order valence-electron chi connectivity index (χ1n) is 7.39. The van der Waals surface area contributed by atoms with Crippen LogP contribution in [0.3, 0.4) is 0 Å². The van der Waals surface area contributed by atoms with Gasteiger partial charge in [-0.1, -0.05) is 72.7 Å². The van der Waals surface area contributed by atoms with Crippen molar-refractivity contribution in [2.45, 2.75) is 13.8 Å². The minimum Gasteiger partial charge on any atom is -1.00 e. The first-order chi connectivity index (χ1) is 10.3. The molecule has 1 aliphatic rings. The molecule has 24 heavy (non-hydrogen) atoms. The summed E-state index contributed by atoms with van der Waals surface area (Å²) < 4.78 is 0. The second kappa shape index (κ2) is 8.39. The van der Waals surface area contributed by atoms with Crippen molar-refractivity contribution in [1.29, 1.82) is 0 Å². The minimum atomic E-state index is 0. The predicted molar refractivity (Wildman–Crippen MR) is 89.2 cm³/mol. The number of benzene rings is 2. The molecule has 3 aromatic rings. The summed E-state index contributed by atoms with van der Waals surface area (Å²) in [5.74, 6) is 0. The van der Waals surface area contributed by atoms with Gasteiger partial charge in [0.25, 0.3) is 0 Å². The van der Waals surface area contributed by atoms with Crippen molar-refractivity contribution < 1.29 is 51.0 Å². The summed E-state index contributed by atoms with van der Waals surface area (Å²) in [6.45, 7) is 4.38. The maximum absolute atomic E-state index is 2.33. The van der Waals surface area contributed by atoms with Crippen molar-refractivity contribution in [3.8, 4) is 11.1 Å². The summed E-state index contributed by atoms with van der Waals surface area (Å²) >= 11 is 0. The summed E-state index contributed by atoms with van der Waals surface area (Å²) in [5, 5.41) is 5.38. The van der Waals surface area contributed by atoms with Crippen molar-refractivity contribution in [1.82, 2.24) is 0 Å². The number of rotatable bonds is 1. The maximum Gasteiger partial charge on any atom is 3.00 e. The molecule has 0 atom stereocenters. The first kappa shape index (κ1) is 21.0. The van der Waals surface area contributed by atoms with E-state index < -0.39 is 0 Å². The Morgan fingerprint density at radius 1 is 0.792 bits per heavy atom. The van der Waals surface area contributed by atoms with Crippen molar-refractivity contribution in [2.24, 2.45) is 0 Å². The molecular weight excluding hydrogens is 414 g/mol. The van der Waals surface area contributed by atoms with Gasteiger partial charge >= 0.3 is 26.2 Å². The van der Waals surface area contributed by atoms with E-state index >= 15 is 0 Å². The van der Waals surface area contributed by atoms with Crippen LogP contribution in [0.25, 0.3) is 22.8 Å². The zero-order valence-electron chi connectivity index (χ0n) is 13.6. The first-order valence-corrected chi connectivity index (χ1v) is 7.39. The van der Waals surface area contributed by atoms with Crippen molar-refractivity contribution in [3.05, 3.63) is 87.1 Å². The molecule has 0 nitrogen and oxygen atoms in total. The van der Waals surface area contributed by atoms with Gasteiger partial charge < -0.3 is 24.8 Å². The van der Waals surface area contributed by atoms with E-state index in [9.17, 15) is 0 Å². The smallest absolute Gasteiger partial charge is 1.00 e. The Morgan fingerprint density at radius 2 is 1.46 bits per heavy atom. The normalized spacial score (nSPS) is 10.2. The zero-order valence-corrected chi connectivity index (χ0v) is 17.6. The fourth-order valence-corrected chi connectivity index (χ4v) is 3.30. The van der Waals surface area contributed by atoms with Gasteiger partial charge in [0, 0.05) is 0 Å². The SMILES string of the molecule is CC(C)=c1ccc2c(c1-[c-]1cccc1)C=c1ccccc1=2.[Cl-].[Cl-].[Zr+3]. The molecule has 0 saturated carbocycles. The average Bonchev–Trinajstić information content (AvgIpc) is 3.13. The van der Waals surface area contributed by atoms with Crippen LogP contribution in [0.1, 0.15) is 19.4 Å². The molecule has 0 aliphatic heterocycles. The Hall–Kier alpha value is -1.01. The monoisotopic (exact) mass is 429 g/mol. The third-order valence-electron chi connectivity index (χ3n) is 4.29. The van der Waals surface area contributed by atoms with E-state index in [-0.39, 0.29) is 51.0 Å². The predicted octanol–water partition coefficient (Wildman–Crippen LogP) is -2.30. The van der Waals surface area contributed by atoms with Crippen LogP contribution >= 0.6 is 0 Å². The fraction of sp³-hybridized carbons (Fsp3) is 0.0952. The summed E-state index contributed by atoms with van der Waals surface area (Å²) in [4.78, 5) is 0. The number of hydrogen-bond acceptors (Lipinski definition) is 0. The van der Waals surface area contributed by atoms with Gasteiger partial charge in [-0.15, -0.1) is 23.3 Å². The molecule has 0 aromatic heterocycles. The summed E-state index contributed by atoms with van der Waals surface area (Å²) in [6.07, 6.45) is 2.33. The third kappa shape index (κ3) is 3.36. The van der Waals surface area contributed by atoms with Crippen LogP contribution in [-0.4, -0.2) is 0 Å².